The summed E-state index contributed by atoms with van der Waals surface area (Å²) < 4.78 is 5.48. The van der Waals surface area contributed by atoms with Gasteiger partial charge in [0.2, 0.25) is 5.91 Å². The summed E-state index contributed by atoms with van der Waals surface area (Å²) in [6.07, 6.45) is 1.94. The molecule has 0 aliphatic carbocycles. The van der Waals surface area contributed by atoms with Crippen LogP contribution >= 0.6 is 0 Å². The van der Waals surface area contributed by atoms with Crippen molar-refractivity contribution in [2.24, 2.45) is 0 Å². The highest BCUT2D eigenvalue weighted by atomic mass is 16.5. The summed E-state index contributed by atoms with van der Waals surface area (Å²) in [6.45, 7) is 5.92. The molecule has 2 rings (SSSR count). The zero-order chi connectivity index (χ0) is 13.7. The maximum absolute atomic E-state index is 11.4. The van der Waals surface area contributed by atoms with E-state index in [-0.39, 0.29) is 11.9 Å². The largest absolute Gasteiger partial charge is 0.493 e. The van der Waals surface area contributed by atoms with Gasteiger partial charge in [-0.05, 0) is 44.0 Å². The van der Waals surface area contributed by atoms with Gasteiger partial charge in [0.25, 0.3) is 0 Å². The molecule has 0 aromatic heterocycles. The van der Waals surface area contributed by atoms with E-state index < -0.39 is 0 Å². The smallest absolute Gasteiger partial charge is 0.234 e. The summed E-state index contributed by atoms with van der Waals surface area (Å²) in [5, 5.41) is 6.02. The molecule has 0 fully saturated rings. The Morgan fingerprint density at radius 3 is 3.05 bits per heavy atom. The molecule has 0 saturated heterocycles. The normalized spacial score (nSPS) is 13.2. The van der Waals surface area contributed by atoms with E-state index >= 15 is 0 Å². The zero-order valence-corrected chi connectivity index (χ0v) is 11.7. The minimum atomic E-state index is 0.0531. The van der Waals surface area contributed by atoms with Crippen molar-refractivity contribution >= 4 is 5.91 Å². The molecule has 0 saturated carbocycles. The van der Waals surface area contributed by atoms with Crippen molar-refractivity contribution in [2.75, 3.05) is 19.7 Å². The van der Waals surface area contributed by atoms with Gasteiger partial charge in [-0.1, -0.05) is 12.1 Å². The molecule has 1 aromatic rings. The highest BCUT2D eigenvalue weighted by Gasteiger charge is 2.11. The number of nitrogens with one attached hydrogen (secondary N) is 2. The first kappa shape index (κ1) is 13.9. The molecular formula is C15H22N2O2. The van der Waals surface area contributed by atoms with Crippen LogP contribution < -0.4 is 15.4 Å². The molecule has 1 aliphatic rings. The number of carbonyl (C=O) groups excluding carboxylic acids is 1. The molecule has 0 atom stereocenters. The highest BCUT2D eigenvalue weighted by Crippen LogP contribution is 2.25. The number of rotatable bonds is 6. The van der Waals surface area contributed by atoms with Crippen molar-refractivity contribution in [3.63, 3.8) is 0 Å². The molecule has 4 nitrogen and oxygen atoms in total. The molecule has 4 heteroatoms. The number of carbonyl (C=O) groups is 1. The van der Waals surface area contributed by atoms with E-state index in [0.29, 0.717) is 6.54 Å². The molecule has 0 unspecified atom stereocenters. The molecule has 19 heavy (non-hydrogen) atoms. The lowest BCUT2D eigenvalue weighted by Gasteiger charge is -2.09. The number of ether oxygens (including phenoxy) is 1. The second-order valence-corrected chi connectivity index (χ2v) is 5.19. The van der Waals surface area contributed by atoms with E-state index in [0.717, 1.165) is 31.7 Å². The molecule has 1 aliphatic heterocycles. The fourth-order valence-electron chi connectivity index (χ4n) is 2.20. The summed E-state index contributed by atoms with van der Waals surface area (Å²) in [7, 11) is 0. The first-order chi connectivity index (χ1) is 9.15. The van der Waals surface area contributed by atoms with Gasteiger partial charge in [-0.15, -0.1) is 0 Å². The number of benzene rings is 1. The average molecular weight is 262 g/mol. The Balaban J connectivity index is 1.70. The average Bonchev–Trinajstić information content (AvgIpc) is 2.81. The van der Waals surface area contributed by atoms with E-state index in [1.807, 2.05) is 19.9 Å². The van der Waals surface area contributed by atoms with Gasteiger partial charge in [-0.25, -0.2) is 0 Å². The maximum atomic E-state index is 11.4. The Kier molecular flexibility index (Phi) is 4.80. The summed E-state index contributed by atoms with van der Waals surface area (Å²) in [5.41, 5.74) is 2.59. The van der Waals surface area contributed by atoms with Gasteiger partial charge in [0.05, 0.1) is 13.2 Å². The van der Waals surface area contributed by atoms with Gasteiger partial charge in [0.1, 0.15) is 5.75 Å². The molecular weight excluding hydrogens is 240 g/mol. The maximum Gasteiger partial charge on any atom is 0.234 e. The summed E-state index contributed by atoms with van der Waals surface area (Å²) >= 11 is 0. The second kappa shape index (κ2) is 6.57. The minimum absolute atomic E-state index is 0.0531. The van der Waals surface area contributed by atoms with Crippen LogP contribution in [0.5, 0.6) is 5.75 Å². The first-order valence-corrected chi connectivity index (χ1v) is 6.90. The Morgan fingerprint density at radius 2 is 2.26 bits per heavy atom. The van der Waals surface area contributed by atoms with Gasteiger partial charge in [0, 0.05) is 12.5 Å². The Morgan fingerprint density at radius 1 is 1.42 bits per heavy atom. The van der Waals surface area contributed by atoms with Crippen LogP contribution in [-0.4, -0.2) is 31.6 Å². The predicted molar refractivity (Wildman–Crippen MR) is 75.5 cm³/mol. The third-order valence-corrected chi connectivity index (χ3v) is 3.08. The standard InChI is InChI=1S/C15H22N2O2/c1-11(2)17-15(18)10-16-7-5-12-3-4-14-13(9-12)6-8-19-14/h3-4,9,11,16H,5-8,10H2,1-2H3,(H,17,18). The third kappa shape index (κ3) is 4.24. The lowest BCUT2D eigenvalue weighted by Crippen LogP contribution is -2.38. The lowest BCUT2D eigenvalue weighted by molar-refractivity contribution is -0.120. The third-order valence-electron chi connectivity index (χ3n) is 3.08. The fourth-order valence-corrected chi connectivity index (χ4v) is 2.20. The number of fused-ring (bicyclic) bond motifs is 1. The molecule has 0 spiro atoms. The molecule has 0 bridgehead atoms. The van der Waals surface area contributed by atoms with Crippen molar-refractivity contribution in [2.45, 2.75) is 32.7 Å². The van der Waals surface area contributed by atoms with E-state index in [4.69, 9.17) is 4.74 Å². The number of amides is 1. The SMILES string of the molecule is CC(C)NC(=O)CNCCc1ccc2c(c1)CCO2. The predicted octanol–water partition coefficient (Wildman–Crippen LogP) is 1.28. The van der Waals surface area contributed by atoms with Crippen LogP contribution in [0.1, 0.15) is 25.0 Å². The van der Waals surface area contributed by atoms with Crippen LogP contribution in [-0.2, 0) is 17.6 Å². The summed E-state index contributed by atoms with van der Waals surface area (Å²) in [4.78, 5) is 11.4. The molecule has 1 amide bonds. The number of hydrogen-bond acceptors (Lipinski definition) is 3. The van der Waals surface area contributed by atoms with E-state index in [2.05, 4.69) is 22.8 Å². The van der Waals surface area contributed by atoms with Crippen molar-refractivity contribution < 1.29 is 9.53 Å². The Hall–Kier alpha value is -1.55. The van der Waals surface area contributed by atoms with Crippen LogP contribution in [0.3, 0.4) is 0 Å². The van der Waals surface area contributed by atoms with E-state index in [1.165, 1.54) is 11.1 Å². The van der Waals surface area contributed by atoms with E-state index in [1.54, 1.807) is 0 Å². The van der Waals surface area contributed by atoms with Gasteiger partial charge in [0.15, 0.2) is 0 Å². The van der Waals surface area contributed by atoms with Crippen molar-refractivity contribution in [1.82, 2.24) is 10.6 Å². The molecule has 0 radical (unpaired) electrons. The van der Waals surface area contributed by atoms with Gasteiger partial charge in [-0.3, -0.25) is 4.79 Å². The van der Waals surface area contributed by atoms with Gasteiger partial charge < -0.3 is 15.4 Å². The van der Waals surface area contributed by atoms with Crippen molar-refractivity contribution in [3.8, 4) is 5.75 Å². The molecule has 104 valence electrons. The summed E-state index contributed by atoms with van der Waals surface area (Å²) in [5.74, 6) is 1.07. The van der Waals surface area contributed by atoms with E-state index in [9.17, 15) is 4.79 Å². The molecule has 2 N–H and O–H groups in total. The first-order valence-electron chi connectivity index (χ1n) is 6.90. The quantitative estimate of drug-likeness (QED) is 0.759. The molecule has 1 heterocycles. The van der Waals surface area contributed by atoms with Gasteiger partial charge >= 0.3 is 0 Å². The summed E-state index contributed by atoms with van der Waals surface area (Å²) in [6, 6.07) is 6.55. The van der Waals surface area contributed by atoms with Crippen molar-refractivity contribution in [3.05, 3.63) is 29.3 Å². The fraction of sp³-hybridized carbons (Fsp3) is 0.533. The topological polar surface area (TPSA) is 50.4 Å². The Labute approximate surface area is 114 Å². The minimum Gasteiger partial charge on any atom is -0.493 e. The van der Waals surface area contributed by atoms with Crippen LogP contribution in [0.25, 0.3) is 0 Å². The van der Waals surface area contributed by atoms with Crippen LogP contribution in [0, 0.1) is 0 Å². The van der Waals surface area contributed by atoms with Gasteiger partial charge in [-0.2, -0.15) is 0 Å². The van der Waals surface area contributed by atoms with Crippen LogP contribution in [0.15, 0.2) is 18.2 Å². The zero-order valence-electron chi connectivity index (χ0n) is 11.7. The lowest BCUT2D eigenvalue weighted by atomic mass is 10.1. The van der Waals surface area contributed by atoms with Crippen LogP contribution in [0.2, 0.25) is 0 Å². The van der Waals surface area contributed by atoms with Crippen molar-refractivity contribution in [1.29, 1.82) is 0 Å². The Bertz CT molecular complexity index is 444. The number of hydrogen-bond donors (Lipinski definition) is 2. The highest BCUT2D eigenvalue weighted by molar-refractivity contribution is 5.78. The second-order valence-electron chi connectivity index (χ2n) is 5.19. The monoisotopic (exact) mass is 262 g/mol. The molecule has 1 aromatic carbocycles. The van der Waals surface area contributed by atoms with Crippen LogP contribution in [0.4, 0.5) is 0 Å².